The third-order valence-electron chi connectivity index (χ3n) is 4.33. The predicted octanol–water partition coefficient (Wildman–Crippen LogP) is 3.80. The number of rotatable bonds is 5. The summed E-state index contributed by atoms with van der Waals surface area (Å²) in [4.78, 5) is -0.398. The van der Waals surface area contributed by atoms with E-state index < -0.39 is 37.7 Å². The monoisotopic (exact) mass is 439 g/mol. The van der Waals surface area contributed by atoms with Gasteiger partial charge in [0.2, 0.25) is 21.8 Å². The molecule has 28 heavy (non-hydrogen) atoms. The summed E-state index contributed by atoms with van der Waals surface area (Å²) in [5.74, 6) is 0.311. The van der Waals surface area contributed by atoms with Crippen LogP contribution in [0.5, 0.6) is 0 Å². The summed E-state index contributed by atoms with van der Waals surface area (Å²) in [5.41, 5.74) is -1.02. The maximum atomic E-state index is 13.1. The SMILES string of the molecule is COCc1nnc([C@@H]2CCCCN2S(=O)(=O)c2ccc(C(F)(F)F)cc2Cl)o1. The zero-order valence-corrected chi connectivity index (χ0v) is 16.3. The van der Waals surface area contributed by atoms with Gasteiger partial charge in [0.05, 0.1) is 10.6 Å². The molecule has 0 amide bonds. The van der Waals surface area contributed by atoms with Crippen molar-refractivity contribution in [2.75, 3.05) is 13.7 Å². The topological polar surface area (TPSA) is 85.5 Å². The minimum absolute atomic E-state index is 0.0806. The van der Waals surface area contributed by atoms with Gasteiger partial charge in [0.1, 0.15) is 17.5 Å². The summed E-state index contributed by atoms with van der Waals surface area (Å²) >= 11 is 5.90. The highest BCUT2D eigenvalue weighted by Gasteiger charge is 2.39. The number of hydrogen-bond acceptors (Lipinski definition) is 6. The Morgan fingerprint density at radius 1 is 1.32 bits per heavy atom. The molecule has 0 spiro atoms. The van der Waals surface area contributed by atoms with Crippen LogP contribution < -0.4 is 0 Å². The van der Waals surface area contributed by atoms with E-state index in [0.29, 0.717) is 25.0 Å². The summed E-state index contributed by atoms with van der Waals surface area (Å²) in [5, 5.41) is 7.22. The summed E-state index contributed by atoms with van der Waals surface area (Å²) in [6, 6.07) is 1.45. The van der Waals surface area contributed by atoms with E-state index in [9.17, 15) is 21.6 Å². The summed E-state index contributed by atoms with van der Waals surface area (Å²) in [6.07, 6.45) is -2.86. The minimum atomic E-state index is -4.62. The van der Waals surface area contributed by atoms with E-state index in [2.05, 4.69) is 10.2 Å². The van der Waals surface area contributed by atoms with Crippen molar-refractivity contribution in [1.82, 2.24) is 14.5 Å². The van der Waals surface area contributed by atoms with Crippen molar-refractivity contribution >= 4 is 21.6 Å². The predicted molar refractivity (Wildman–Crippen MR) is 91.9 cm³/mol. The van der Waals surface area contributed by atoms with Gasteiger partial charge >= 0.3 is 6.18 Å². The molecule has 1 fully saturated rings. The van der Waals surface area contributed by atoms with Crippen LogP contribution in [0.15, 0.2) is 27.5 Å². The molecular weight excluding hydrogens is 423 g/mol. The first kappa shape index (κ1) is 21.0. The molecule has 3 rings (SSSR count). The molecule has 1 aromatic carbocycles. The first-order chi connectivity index (χ1) is 13.1. The minimum Gasteiger partial charge on any atom is -0.421 e. The number of aromatic nitrogens is 2. The molecule has 2 aromatic rings. The standard InChI is InChI=1S/C16H17ClF3N3O4S/c1-26-9-14-21-22-15(27-14)12-4-2-3-7-23(12)28(24,25)13-6-5-10(8-11(13)17)16(18,19)20/h5-6,8,12H,2-4,7,9H2,1H3/t12-/m0/s1. The lowest BCUT2D eigenvalue weighted by Gasteiger charge is -2.32. The van der Waals surface area contributed by atoms with Gasteiger partial charge in [-0.15, -0.1) is 10.2 Å². The molecule has 1 aliphatic rings. The average Bonchev–Trinajstić information content (AvgIpc) is 3.09. The highest BCUT2D eigenvalue weighted by Crippen LogP contribution is 2.38. The summed E-state index contributed by atoms with van der Waals surface area (Å²) in [7, 11) is -2.73. The Balaban J connectivity index is 1.96. The number of methoxy groups -OCH3 is 1. The van der Waals surface area contributed by atoms with Crippen LogP contribution in [0.25, 0.3) is 0 Å². The van der Waals surface area contributed by atoms with E-state index in [1.54, 1.807) is 0 Å². The molecule has 1 saturated heterocycles. The molecule has 12 heteroatoms. The van der Waals surface area contributed by atoms with Crippen LogP contribution in [0.2, 0.25) is 5.02 Å². The Morgan fingerprint density at radius 3 is 2.71 bits per heavy atom. The van der Waals surface area contributed by atoms with Crippen LogP contribution in [0.4, 0.5) is 13.2 Å². The fourth-order valence-corrected chi connectivity index (χ4v) is 5.21. The van der Waals surface area contributed by atoms with Crippen molar-refractivity contribution < 1.29 is 30.7 Å². The van der Waals surface area contributed by atoms with E-state index >= 15 is 0 Å². The molecule has 154 valence electrons. The smallest absolute Gasteiger partial charge is 0.416 e. The number of alkyl halides is 3. The van der Waals surface area contributed by atoms with Gasteiger partial charge in [0.25, 0.3) is 0 Å². The van der Waals surface area contributed by atoms with Crippen LogP contribution in [0.1, 0.15) is 42.6 Å². The maximum absolute atomic E-state index is 13.1. The number of ether oxygens (including phenoxy) is 1. The highest BCUT2D eigenvalue weighted by atomic mass is 35.5. The molecule has 0 bridgehead atoms. The summed E-state index contributed by atoms with van der Waals surface area (Å²) in [6.45, 7) is 0.240. The molecule has 0 saturated carbocycles. The number of piperidine rings is 1. The molecule has 0 N–H and O–H groups in total. The van der Waals surface area contributed by atoms with Gasteiger partial charge in [0, 0.05) is 13.7 Å². The number of benzene rings is 1. The lowest BCUT2D eigenvalue weighted by molar-refractivity contribution is -0.137. The van der Waals surface area contributed by atoms with Crippen LogP contribution in [0, 0.1) is 0 Å². The number of hydrogen-bond donors (Lipinski definition) is 0. The first-order valence-corrected chi connectivity index (χ1v) is 10.2. The summed E-state index contributed by atoms with van der Waals surface area (Å²) < 4.78 is 76.3. The second-order valence-electron chi connectivity index (χ2n) is 6.24. The van der Waals surface area contributed by atoms with Crippen LogP contribution in [0.3, 0.4) is 0 Å². The number of sulfonamides is 1. The van der Waals surface area contributed by atoms with Gasteiger partial charge in [-0.1, -0.05) is 18.0 Å². The zero-order chi connectivity index (χ0) is 20.5. The van der Waals surface area contributed by atoms with E-state index in [4.69, 9.17) is 20.8 Å². The number of halogens is 4. The molecule has 0 radical (unpaired) electrons. The Hall–Kier alpha value is -1.69. The maximum Gasteiger partial charge on any atom is 0.416 e. The van der Waals surface area contributed by atoms with Crippen LogP contribution in [-0.2, 0) is 27.5 Å². The van der Waals surface area contributed by atoms with E-state index in [-0.39, 0.29) is 24.9 Å². The van der Waals surface area contributed by atoms with Crippen molar-refractivity contribution in [1.29, 1.82) is 0 Å². The fraction of sp³-hybridized carbons (Fsp3) is 0.500. The Kier molecular flexibility index (Phi) is 5.99. The quantitative estimate of drug-likeness (QED) is 0.704. The van der Waals surface area contributed by atoms with Crippen molar-refractivity contribution in [2.24, 2.45) is 0 Å². The molecule has 0 aliphatic carbocycles. The van der Waals surface area contributed by atoms with Gasteiger partial charge in [-0.05, 0) is 31.0 Å². The molecule has 1 atom stereocenters. The van der Waals surface area contributed by atoms with Gasteiger partial charge in [-0.2, -0.15) is 17.5 Å². The molecule has 1 aliphatic heterocycles. The largest absolute Gasteiger partial charge is 0.421 e. The van der Waals surface area contributed by atoms with E-state index in [0.717, 1.165) is 16.8 Å². The van der Waals surface area contributed by atoms with Crippen molar-refractivity contribution in [3.05, 3.63) is 40.6 Å². The third kappa shape index (κ3) is 4.17. The third-order valence-corrected chi connectivity index (χ3v) is 6.73. The second kappa shape index (κ2) is 7.97. The molecule has 7 nitrogen and oxygen atoms in total. The van der Waals surface area contributed by atoms with Crippen molar-refractivity contribution in [2.45, 2.75) is 43.0 Å². The fourth-order valence-electron chi connectivity index (χ4n) is 3.04. The number of nitrogens with zero attached hydrogens (tertiary/aromatic N) is 3. The highest BCUT2D eigenvalue weighted by molar-refractivity contribution is 7.89. The van der Waals surface area contributed by atoms with E-state index in [1.165, 1.54) is 7.11 Å². The normalized spacial score (nSPS) is 19.1. The molecule has 0 unspecified atom stereocenters. The average molecular weight is 440 g/mol. The molecule has 1 aromatic heterocycles. The Labute approximate surface area is 164 Å². The Bertz CT molecular complexity index is 949. The molecule has 2 heterocycles. The lowest BCUT2D eigenvalue weighted by Crippen LogP contribution is -2.38. The van der Waals surface area contributed by atoms with Crippen LogP contribution in [-0.4, -0.2) is 36.6 Å². The lowest BCUT2D eigenvalue weighted by atomic mass is 10.1. The zero-order valence-electron chi connectivity index (χ0n) is 14.7. The molecular formula is C16H17ClF3N3O4S. The van der Waals surface area contributed by atoms with Crippen molar-refractivity contribution in [3.63, 3.8) is 0 Å². The van der Waals surface area contributed by atoms with E-state index in [1.807, 2.05) is 0 Å². The van der Waals surface area contributed by atoms with Gasteiger partial charge in [0.15, 0.2) is 0 Å². The van der Waals surface area contributed by atoms with Gasteiger partial charge < -0.3 is 9.15 Å². The van der Waals surface area contributed by atoms with Crippen molar-refractivity contribution in [3.8, 4) is 0 Å². The van der Waals surface area contributed by atoms with Crippen LogP contribution >= 0.6 is 11.6 Å². The first-order valence-electron chi connectivity index (χ1n) is 8.34. The second-order valence-corrected chi connectivity index (χ2v) is 8.50. The van der Waals surface area contributed by atoms with Gasteiger partial charge in [-0.3, -0.25) is 0 Å². The Morgan fingerprint density at radius 2 is 2.07 bits per heavy atom. The van der Waals surface area contributed by atoms with Gasteiger partial charge in [-0.25, -0.2) is 8.42 Å².